The molecule has 11 heavy (non-hydrogen) atoms. The van der Waals surface area contributed by atoms with E-state index in [4.69, 9.17) is 21.8 Å². The molecule has 1 heterocycles. The minimum Gasteiger partial charge on any atom is -0.394 e. The molecule has 0 spiro atoms. The van der Waals surface area contributed by atoms with E-state index >= 15 is 0 Å². The first kappa shape index (κ1) is 7.45. The quantitative estimate of drug-likeness (QED) is 0.344. The average molecular weight is 165 g/mol. The van der Waals surface area contributed by atoms with E-state index in [1.165, 1.54) is 0 Å². The highest BCUT2D eigenvalue weighted by Gasteiger charge is 2.36. The van der Waals surface area contributed by atoms with Crippen molar-refractivity contribution in [1.29, 1.82) is 0 Å². The van der Waals surface area contributed by atoms with Crippen LogP contribution in [0.1, 0.15) is 1.37 Å². The van der Waals surface area contributed by atoms with Gasteiger partial charge in [0.2, 0.25) is 0 Å². The lowest BCUT2D eigenvalue weighted by atomic mass is 10.0. The second kappa shape index (κ2) is 3.46. The summed E-state index contributed by atoms with van der Waals surface area (Å²) in [5.74, 6) is 0. The average Bonchev–Trinajstić information content (AvgIpc) is 2.08. The fourth-order valence-electron chi connectivity index (χ4n) is 0.915. The van der Waals surface area contributed by atoms with Crippen LogP contribution in [0.2, 0.25) is 0 Å². The summed E-state index contributed by atoms with van der Waals surface area (Å²) >= 11 is 0. The largest absolute Gasteiger partial charge is 0.394 e. The van der Waals surface area contributed by atoms with Gasteiger partial charge >= 0.3 is 0 Å². The van der Waals surface area contributed by atoms with Crippen LogP contribution in [0.15, 0.2) is 0 Å². The van der Waals surface area contributed by atoms with Gasteiger partial charge < -0.3 is 25.2 Å². The van der Waals surface area contributed by atoms with Gasteiger partial charge in [0, 0.05) is 0 Å². The predicted octanol–water partition coefficient (Wildman–Crippen LogP) is -2.54. The van der Waals surface area contributed by atoms with Crippen LogP contribution in [0.4, 0.5) is 0 Å². The van der Waals surface area contributed by atoms with Crippen molar-refractivity contribution in [2.75, 3.05) is 13.2 Å². The molecule has 0 aromatic rings. The molecule has 0 aromatic carbocycles. The maximum Gasteiger partial charge on any atom is 0.111 e. The molecule has 0 unspecified atom stereocenters. The Bertz CT molecular complexity index is 150. The van der Waals surface area contributed by atoms with Crippen LogP contribution in [-0.2, 0) is 4.74 Å². The third-order valence-corrected chi connectivity index (χ3v) is 1.65. The summed E-state index contributed by atoms with van der Waals surface area (Å²) in [6.45, 7) is -1.80. The van der Waals surface area contributed by atoms with Crippen molar-refractivity contribution in [2.45, 2.75) is 24.4 Å². The molecule has 1 aliphatic rings. The van der Waals surface area contributed by atoms with Gasteiger partial charge in [0.05, 0.1) is 14.6 Å². The molecule has 0 bridgehead atoms. The first-order chi connectivity index (χ1) is 5.57. The van der Waals surface area contributed by atoms with E-state index in [0.29, 0.717) is 0 Å². The Morgan fingerprint density at radius 3 is 2.55 bits per heavy atom. The van der Waals surface area contributed by atoms with Crippen LogP contribution in [0.5, 0.6) is 0 Å². The number of hydrogen-bond acceptors (Lipinski definition) is 5. The fraction of sp³-hybridized carbons (Fsp3) is 1.00. The maximum absolute atomic E-state index is 9.15. The van der Waals surface area contributed by atoms with Crippen molar-refractivity contribution in [2.24, 2.45) is 0 Å². The monoisotopic (exact) mass is 165 g/mol. The summed E-state index contributed by atoms with van der Waals surface area (Å²) in [6.07, 6.45) is -5.20. The standard InChI is InChI=1S/C6H12O5/c7-1-4-6(10)5(9)3(8)2-11-4/h3-10H,1-2H2/t3-,4+,5+,6+/m0/s1/i2D/t2-,3-,4+,5+,6+. The smallest absolute Gasteiger partial charge is 0.111 e. The molecule has 0 amide bonds. The first-order valence-corrected chi connectivity index (χ1v) is 3.30. The molecular formula is C6H12O5. The molecule has 66 valence electrons. The van der Waals surface area contributed by atoms with E-state index in [1.807, 2.05) is 0 Å². The number of ether oxygens (including phenoxy) is 1. The topological polar surface area (TPSA) is 90.2 Å². The SMILES string of the molecule is [2H][C@@H]1O[C@H](CO)[C@@H](O)[C@H](O)[C@H]1O. The van der Waals surface area contributed by atoms with Gasteiger partial charge in [-0.1, -0.05) is 0 Å². The van der Waals surface area contributed by atoms with Crippen molar-refractivity contribution in [3.05, 3.63) is 0 Å². The predicted molar refractivity (Wildman–Crippen MR) is 34.8 cm³/mol. The molecule has 5 atom stereocenters. The molecule has 5 heteroatoms. The Morgan fingerprint density at radius 1 is 1.36 bits per heavy atom. The molecule has 4 N–H and O–H groups in total. The summed E-state index contributed by atoms with van der Waals surface area (Å²) in [7, 11) is 0. The molecule has 1 aliphatic heterocycles. The lowest BCUT2D eigenvalue weighted by Crippen LogP contribution is -2.53. The van der Waals surface area contributed by atoms with Crippen LogP contribution in [-0.4, -0.2) is 58.0 Å². The lowest BCUT2D eigenvalue weighted by molar-refractivity contribution is -0.195. The lowest BCUT2D eigenvalue weighted by Gasteiger charge is -2.34. The van der Waals surface area contributed by atoms with Crippen LogP contribution in [0.25, 0.3) is 0 Å². The Morgan fingerprint density at radius 2 is 2.00 bits per heavy atom. The van der Waals surface area contributed by atoms with Crippen LogP contribution >= 0.6 is 0 Å². The van der Waals surface area contributed by atoms with Gasteiger partial charge in [-0.15, -0.1) is 0 Å². The van der Waals surface area contributed by atoms with Crippen molar-refractivity contribution in [3.8, 4) is 0 Å². The fourth-order valence-corrected chi connectivity index (χ4v) is 0.915. The Balaban J connectivity index is 2.63. The number of hydrogen-bond donors (Lipinski definition) is 4. The summed E-state index contributed by atoms with van der Waals surface area (Å²) in [5, 5.41) is 35.9. The van der Waals surface area contributed by atoms with Crippen LogP contribution in [0.3, 0.4) is 0 Å². The van der Waals surface area contributed by atoms with Gasteiger partial charge in [0.25, 0.3) is 0 Å². The molecular weight excluding hydrogens is 152 g/mol. The molecule has 0 radical (unpaired) electrons. The van der Waals surface area contributed by atoms with Crippen molar-refractivity contribution >= 4 is 0 Å². The summed E-state index contributed by atoms with van der Waals surface area (Å²) < 4.78 is 11.8. The maximum atomic E-state index is 9.15. The molecule has 0 saturated carbocycles. The van der Waals surface area contributed by atoms with E-state index < -0.39 is 37.6 Å². The van der Waals surface area contributed by atoms with Gasteiger partial charge in [-0.05, 0) is 0 Å². The van der Waals surface area contributed by atoms with Gasteiger partial charge in [0.15, 0.2) is 0 Å². The molecule has 1 rings (SSSR count). The van der Waals surface area contributed by atoms with Gasteiger partial charge in [-0.3, -0.25) is 0 Å². The molecule has 1 fully saturated rings. The van der Waals surface area contributed by atoms with Gasteiger partial charge in [0.1, 0.15) is 24.4 Å². The Kier molecular flexibility index (Phi) is 2.35. The molecule has 0 aliphatic carbocycles. The third kappa shape index (κ3) is 1.69. The van der Waals surface area contributed by atoms with E-state index in [9.17, 15) is 0 Å². The van der Waals surface area contributed by atoms with Crippen LogP contribution in [0, 0.1) is 0 Å². The normalized spacial score (nSPS) is 53.8. The minimum absolute atomic E-state index is 0.486. The second-order valence-electron chi connectivity index (χ2n) is 2.46. The van der Waals surface area contributed by atoms with E-state index in [-0.39, 0.29) is 0 Å². The molecule has 1 saturated heterocycles. The zero-order valence-corrected chi connectivity index (χ0v) is 5.79. The Hall–Kier alpha value is -0.200. The zero-order chi connectivity index (χ0) is 9.30. The highest BCUT2D eigenvalue weighted by molar-refractivity contribution is 4.85. The summed E-state index contributed by atoms with van der Waals surface area (Å²) in [6, 6.07) is 0. The number of aliphatic hydroxyl groups excluding tert-OH is 4. The minimum atomic E-state index is -1.43. The first-order valence-electron chi connectivity index (χ1n) is 3.88. The van der Waals surface area contributed by atoms with Gasteiger partial charge in [-0.2, -0.15) is 0 Å². The van der Waals surface area contributed by atoms with E-state index in [0.717, 1.165) is 0 Å². The highest BCUT2D eigenvalue weighted by atomic mass is 16.5. The van der Waals surface area contributed by atoms with Crippen molar-refractivity contribution < 1.29 is 26.5 Å². The van der Waals surface area contributed by atoms with Crippen molar-refractivity contribution in [1.82, 2.24) is 0 Å². The van der Waals surface area contributed by atoms with Gasteiger partial charge in [-0.25, -0.2) is 0 Å². The number of rotatable bonds is 1. The third-order valence-electron chi connectivity index (χ3n) is 1.65. The van der Waals surface area contributed by atoms with Crippen molar-refractivity contribution in [3.63, 3.8) is 0 Å². The Labute approximate surface area is 65.3 Å². The van der Waals surface area contributed by atoms with E-state index in [1.54, 1.807) is 0 Å². The highest BCUT2D eigenvalue weighted by Crippen LogP contribution is 2.14. The molecule has 5 nitrogen and oxygen atoms in total. The second-order valence-corrected chi connectivity index (χ2v) is 2.46. The zero-order valence-electron chi connectivity index (χ0n) is 6.79. The summed E-state index contributed by atoms with van der Waals surface area (Å²) in [5.41, 5.74) is 0. The van der Waals surface area contributed by atoms with Crippen LogP contribution < -0.4 is 0 Å². The molecule has 0 aromatic heterocycles. The summed E-state index contributed by atoms with van der Waals surface area (Å²) in [4.78, 5) is 0. The number of aliphatic hydroxyl groups is 4. The van der Waals surface area contributed by atoms with E-state index in [2.05, 4.69) is 4.74 Å².